The largest absolute Gasteiger partial charge is 0.469 e. The predicted octanol–water partition coefficient (Wildman–Crippen LogP) is -0.218. The molecule has 0 bridgehead atoms. The molecule has 0 aliphatic carbocycles. The maximum absolute atomic E-state index is 11.9. The summed E-state index contributed by atoms with van der Waals surface area (Å²) in [7, 11) is 1.33. The lowest BCUT2D eigenvalue weighted by molar-refractivity contribution is -0.128. The quantitative estimate of drug-likeness (QED) is 0.422. The van der Waals surface area contributed by atoms with E-state index in [1.807, 2.05) is 0 Å². The van der Waals surface area contributed by atoms with Crippen LogP contribution in [0, 0.1) is 5.92 Å². The number of hydrogen-bond acceptors (Lipinski definition) is 5. The van der Waals surface area contributed by atoms with Gasteiger partial charge in [-0.15, -0.1) is 0 Å². The van der Waals surface area contributed by atoms with Crippen molar-refractivity contribution < 1.29 is 23.9 Å². The summed E-state index contributed by atoms with van der Waals surface area (Å²) in [5.74, 6) is -1.28. The zero-order chi connectivity index (χ0) is 18.8. The number of ether oxygens (including phenoxy) is 1. The van der Waals surface area contributed by atoms with E-state index in [4.69, 9.17) is 4.74 Å². The highest BCUT2D eigenvalue weighted by atomic mass is 16.5. The van der Waals surface area contributed by atoms with Crippen molar-refractivity contribution in [3.63, 3.8) is 0 Å². The Balaban J connectivity index is 2.47. The van der Waals surface area contributed by atoms with Crippen molar-refractivity contribution in [2.45, 2.75) is 26.5 Å². The first kappa shape index (κ1) is 20.2. The molecule has 0 aliphatic rings. The predicted molar refractivity (Wildman–Crippen MR) is 94.6 cm³/mol. The highest BCUT2D eigenvalue weighted by Crippen LogP contribution is 2.10. The molecular weight excluding hydrogens is 325 g/mol. The Bertz CT molecular complexity index is 619. The Labute approximate surface area is 147 Å². The third-order valence-electron chi connectivity index (χ3n) is 3.30. The minimum absolute atomic E-state index is 0.0990. The smallest absolute Gasteiger partial charge is 0.243 e. The van der Waals surface area contributed by atoms with Crippen molar-refractivity contribution in [1.29, 1.82) is 0 Å². The fraction of sp³-hybridized carbons (Fsp3) is 0.375. The van der Waals surface area contributed by atoms with Gasteiger partial charge in [0.1, 0.15) is 12.6 Å². The molecule has 1 aromatic carbocycles. The topological polar surface area (TPSA) is 114 Å². The summed E-state index contributed by atoms with van der Waals surface area (Å²) in [5.41, 5.74) is 1.35. The average Bonchev–Trinajstić information content (AvgIpc) is 2.56. The summed E-state index contributed by atoms with van der Waals surface area (Å²) in [4.78, 5) is 45.1. The summed E-state index contributed by atoms with van der Waals surface area (Å²) in [6, 6.07) is 6.10. The molecule has 25 heavy (non-hydrogen) atoms. The lowest BCUT2D eigenvalue weighted by Gasteiger charge is -2.19. The molecule has 134 valence electrons. The lowest BCUT2D eigenvalue weighted by Crippen LogP contribution is -2.48. The molecular formula is C16H22BN3O5. The van der Waals surface area contributed by atoms with Crippen molar-refractivity contribution in [1.82, 2.24) is 10.6 Å². The zero-order valence-corrected chi connectivity index (χ0v) is 14.5. The van der Waals surface area contributed by atoms with Gasteiger partial charge in [-0.1, -0.05) is 26.0 Å². The number of nitrogens with one attached hydrogen (secondary N) is 3. The number of hydrogen-bond donors (Lipinski definition) is 3. The highest BCUT2D eigenvalue weighted by Gasteiger charge is 2.21. The van der Waals surface area contributed by atoms with Crippen molar-refractivity contribution >= 4 is 37.6 Å². The van der Waals surface area contributed by atoms with E-state index in [1.165, 1.54) is 7.85 Å². The van der Waals surface area contributed by atoms with Gasteiger partial charge < -0.3 is 20.7 Å². The van der Waals surface area contributed by atoms with Crippen LogP contribution in [0.5, 0.6) is 0 Å². The number of rotatable bonds is 9. The van der Waals surface area contributed by atoms with Gasteiger partial charge in [-0.05, 0) is 23.6 Å². The first-order valence-corrected chi connectivity index (χ1v) is 7.83. The Kier molecular flexibility index (Phi) is 8.18. The Morgan fingerprint density at radius 3 is 2.36 bits per heavy atom. The number of amides is 3. The molecule has 3 N–H and O–H groups in total. The van der Waals surface area contributed by atoms with Crippen molar-refractivity contribution in [2.24, 2.45) is 5.92 Å². The molecule has 0 heterocycles. The van der Waals surface area contributed by atoms with E-state index in [9.17, 15) is 19.2 Å². The highest BCUT2D eigenvalue weighted by molar-refractivity contribution is 6.55. The van der Waals surface area contributed by atoms with Gasteiger partial charge in [0.15, 0.2) is 0 Å². The number of benzene rings is 1. The molecule has 0 fully saturated rings. The van der Waals surface area contributed by atoms with Gasteiger partial charge in [0.2, 0.25) is 31.9 Å². The van der Waals surface area contributed by atoms with Crippen LogP contribution >= 0.6 is 0 Å². The van der Waals surface area contributed by atoms with Crippen LogP contribution in [0.4, 0.5) is 10.5 Å². The molecule has 1 unspecified atom stereocenters. The number of carbonyl (C=O) groups excluding carboxylic acids is 4. The van der Waals surface area contributed by atoms with Gasteiger partial charge in [0.05, 0.1) is 6.54 Å². The Morgan fingerprint density at radius 2 is 1.84 bits per heavy atom. The fourth-order valence-corrected chi connectivity index (χ4v) is 2.00. The molecule has 3 amide bonds. The summed E-state index contributed by atoms with van der Waals surface area (Å²) in [5, 5.41) is 7.54. The normalized spacial score (nSPS) is 11.3. The average molecular weight is 347 g/mol. The minimum atomic E-state index is -0.689. The zero-order valence-electron chi connectivity index (χ0n) is 14.5. The van der Waals surface area contributed by atoms with E-state index < -0.39 is 17.9 Å². The molecule has 0 aliphatic heterocycles. The van der Waals surface area contributed by atoms with Crippen molar-refractivity contribution in [3.05, 3.63) is 29.8 Å². The van der Waals surface area contributed by atoms with Crippen LogP contribution in [0.3, 0.4) is 0 Å². The third kappa shape index (κ3) is 7.51. The molecule has 1 atom stereocenters. The van der Waals surface area contributed by atoms with Crippen LogP contribution in [0.25, 0.3) is 0 Å². The Morgan fingerprint density at radius 1 is 1.20 bits per heavy atom. The summed E-state index contributed by atoms with van der Waals surface area (Å²) in [6.07, 6.45) is 0.460. The van der Waals surface area contributed by atoms with Crippen LogP contribution in [-0.4, -0.2) is 44.5 Å². The van der Waals surface area contributed by atoms with E-state index in [0.717, 1.165) is 5.56 Å². The molecule has 0 spiro atoms. The van der Waals surface area contributed by atoms with Crippen LogP contribution in [0.15, 0.2) is 24.3 Å². The van der Waals surface area contributed by atoms with Gasteiger partial charge in [-0.25, -0.2) is 0 Å². The second kappa shape index (κ2) is 10.1. The molecule has 0 aromatic heterocycles. The number of carbonyl (C=O) groups is 4. The van der Waals surface area contributed by atoms with Crippen molar-refractivity contribution in [3.8, 4) is 0 Å². The first-order chi connectivity index (χ1) is 11.8. The SMILES string of the molecule is BC(=O)OCc1ccc(NC(=O)CNC(=O)C(NC=O)C(C)C)cc1. The number of anilines is 1. The summed E-state index contributed by atoms with van der Waals surface area (Å²) < 4.78 is 4.87. The van der Waals surface area contributed by atoms with Crippen LogP contribution in [0.1, 0.15) is 19.4 Å². The second-order valence-electron chi connectivity index (χ2n) is 5.75. The van der Waals surface area contributed by atoms with Crippen molar-refractivity contribution in [2.75, 3.05) is 11.9 Å². The summed E-state index contributed by atoms with van der Waals surface area (Å²) in [6.45, 7) is 3.54. The molecule has 9 heteroatoms. The van der Waals surface area contributed by atoms with Gasteiger partial charge in [0.25, 0.3) is 0 Å². The van der Waals surface area contributed by atoms with Crippen LogP contribution in [-0.2, 0) is 25.7 Å². The van der Waals surface area contributed by atoms with E-state index in [1.54, 1.807) is 38.1 Å². The maximum atomic E-state index is 11.9. The molecule has 0 saturated carbocycles. The van der Waals surface area contributed by atoms with Crippen LogP contribution in [0.2, 0.25) is 0 Å². The van der Waals surface area contributed by atoms with E-state index in [2.05, 4.69) is 16.0 Å². The molecule has 0 radical (unpaired) electrons. The van der Waals surface area contributed by atoms with E-state index >= 15 is 0 Å². The monoisotopic (exact) mass is 347 g/mol. The van der Waals surface area contributed by atoms with Gasteiger partial charge in [0, 0.05) is 5.69 Å². The minimum Gasteiger partial charge on any atom is -0.469 e. The molecule has 1 rings (SSSR count). The fourth-order valence-electron chi connectivity index (χ4n) is 2.00. The van der Waals surface area contributed by atoms with Gasteiger partial charge >= 0.3 is 0 Å². The van der Waals surface area contributed by atoms with E-state index in [0.29, 0.717) is 12.1 Å². The Hall–Kier alpha value is -2.84. The summed E-state index contributed by atoms with van der Waals surface area (Å²) >= 11 is 0. The molecule has 1 aromatic rings. The van der Waals surface area contributed by atoms with E-state index in [-0.39, 0.29) is 24.9 Å². The van der Waals surface area contributed by atoms with Gasteiger partial charge in [-0.3, -0.25) is 19.2 Å². The standard InChI is InChI=1S/C16H22BN3O5/c1-10(2)14(19-9-21)15(23)18-7-13(22)20-12-5-3-11(4-6-12)8-25-16(17)24/h3-6,9-10,14H,7-8,17H2,1-2H3,(H,18,23)(H,19,21)(H,20,22). The van der Waals surface area contributed by atoms with Gasteiger partial charge in [-0.2, -0.15) is 0 Å². The lowest BCUT2D eigenvalue weighted by atomic mass is 10.0. The van der Waals surface area contributed by atoms with Crippen LogP contribution < -0.4 is 16.0 Å². The molecule has 0 saturated heterocycles. The second-order valence-corrected chi connectivity index (χ2v) is 5.75. The first-order valence-electron chi connectivity index (χ1n) is 7.83. The molecule has 8 nitrogen and oxygen atoms in total. The maximum Gasteiger partial charge on any atom is 0.243 e. The third-order valence-corrected chi connectivity index (χ3v) is 3.30.